The van der Waals surface area contributed by atoms with Gasteiger partial charge >= 0.3 is 19.8 Å². The molecular weight excluding hydrogens is 515 g/mol. The highest BCUT2D eigenvalue weighted by molar-refractivity contribution is 7.47. The number of phosphoric acid groups is 1. The zero-order chi connectivity index (χ0) is 28.5. The lowest BCUT2D eigenvalue weighted by atomic mass is 10.2. The van der Waals surface area contributed by atoms with Gasteiger partial charge in [0.2, 0.25) is 0 Å². The first-order valence-corrected chi connectivity index (χ1v) is 14.2. The van der Waals surface area contributed by atoms with Crippen molar-refractivity contribution in [3.8, 4) is 0 Å². The Labute approximate surface area is 225 Å². The first-order chi connectivity index (χ1) is 18.3. The van der Waals surface area contributed by atoms with Crippen LogP contribution in [0.25, 0.3) is 0 Å². The van der Waals surface area contributed by atoms with Crippen LogP contribution in [0.4, 0.5) is 0 Å². The van der Waals surface area contributed by atoms with Crippen molar-refractivity contribution in [3.63, 3.8) is 0 Å². The first-order valence-electron chi connectivity index (χ1n) is 12.7. The van der Waals surface area contributed by atoms with E-state index in [1.54, 1.807) is 19.1 Å². The maximum Gasteiger partial charge on any atom is 0.472 e. The molecule has 216 valence electrons. The summed E-state index contributed by atoms with van der Waals surface area (Å²) < 4.78 is 31.2. The zero-order valence-electron chi connectivity index (χ0n) is 22.4. The van der Waals surface area contributed by atoms with Crippen molar-refractivity contribution in [2.24, 2.45) is 0 Å². The highest BCUT2D eigenvalue weighted by Gasteiger charge is 2.27. The summed E-state index contributed by atoms with van der Waals surface area (Å²) in [4.78, 5) is 32.9. The van der Waals surface area contributed by atoms with Gasteiger partial charge in [-0.15, -0.1) is 0 Å². The van der Waals surface area contributed by atoms with Crippen LogP contribution in [0.2, 0.25) is 0 Å². The van der Waals surface area contributed by atoms with Gasteiger partial charge in [0.05, 0.1) is 32.8 Å². The fourth-order valence-corrected chi connectivity index (χ4v) is 3.36. The normalized spacial score (nSPS) is 15.6. The highest BCUT2D eigenvalue weighted by Crippen LogP contribution is 2.43. The van der Waals surface area contributed by atoms with Crippen molar-refractivity contribution < 1.29 is 47.8 Å². The summed E-state index contributed by atoms with van der Waals surface area (Å²) in [6, 6.07) is 0. The van der Waals surface area contributed by atoms with Crippen LogP contribution in [0.5, 0.6) is 0 Å². The fraction of sp³-hybridized carbons (Fsp3) is 0.556. The minimum absolute atomic E-state index is 0.0434. The van der Waals surface area contributed by atoms with E-state index in [9.17, 15) is 24.2 Å². The van der Waals surface area contributed by atoms with Crippen molar-refractivity contribution in [3.05, 3.63) is 60.8 Å². The Bertz CT molecular complexity index is 832. The first kappa shape index (κ1) is 35.7. The molecule has 0 bridgehead atoms. The maximum atomic E-state index is 12.0. The van der Waals surface area contributed by atoms with Crippen LogP contribution in [0, 0.1) is 0 Å². The Morgan fingerprint density at radius 3 is 1.47 bits per heavy atom. The lowest BCUT2D eigenvalue weighted by Crippen LogP contribution is -2.28. The van der Waals surface area contributed by atoms with Crippen molar-refractivity contribution in [2.75, 3.05) is 26.4 Å². The Morgan fingerprint density at radius 2 is 1.08 bits per heavy atom. The summed E-state index contributed by atoms with van der Waals surface area (Å²) in [6.45, 7) is 1.24. The van der Waals surface area contributed by atoms with Gasteiger partial charge in [-0.25, -0.2) is 4.57 Å². The Hall–Kier alpha value is -2.33. The molecule has 0 amide bonds. The number of aliphatic hydroxyl groups is 2. The van der Waals surface area contributed by atoms with Crippen molar-refractivity contribution >= 4 is 19.8 Å². The smallest absolute Gasteiger partial charge is 0.457 e. The molecule has 0 aliphatic rings. The zero-order valence-corrected chi connectivity index (χ0v) is 23.2. The molecule has 0 spiro atoms. The van der Waals surface area contributed by atoms with E-state index in [1.165, 1.54) is 0 Å². The van der Waals surface area contributed by atoms with Crippen LogP contribution in [0.15, 0.2) is 60.8 Å². The lowest BCUT2D eigenvalue weighted by Gasteiger charge is -2.20. The van der Waals surface area contributed by atoms with Crippen LogP contribution >= 0.6 is 7.82 Å². The van der Waals surface area contributed by atoms with Crippen LogP contribution in [-0.2, 0) is 32.7 Å². The van der Waals surface area contributed by atoms with Crippen molar-refractivity contribution in [1.82, 2.24) is 0 Å². The number of hydrogen-bond acceptors (Lipinski definition) is 9. The molecule has 0 aliphatic carbocycles. The number of carbonyl (C=O) groups excluding carboxylic acids is 2. The highest BCUT2D eigenvalue weighted by atomic mass is 31.2. The molecule has 0 saturated heterocycles. The summed E-state index contributed by atoms with van der Waals surface area (Å²) in [5, 5.41) is 18.5. The molecule has 11 heteroatoms. The van der Waals surface area contributed by atoms with E-state index < -0.39 is 58.4 Å². The van der Waals surface area contributed by atoms with E-state index in [4.69, 9.17) is 23.6 Å². The number of allylic oxidation sites excluding steroid dienone is 9. The second-order valence-corrected chi connectivity index (χ2v) is 9.37. The SMILES string of the molecule is CC/C=C\C/C=C\C/C=C\C/C=C\C/C=C\CC(=O)OC(CO)COP(=O)(O)OCC(CO)OC(=O)CC. The van der Waals surface area contributed by atoms with E-state index in [0.29, 0.717) is 6.42 Å². The molecule has 0 heterocycles. The van der Waals surface area contributed by atoms with E-state index in [2.05, 4.69) is 43.4 Å². The number of esters is 2. The minimum atomic E-state index is -4.61. The molecular formula is C27H43O10P. The molecule has 3 unspecified atom stereocenters. The molecule has 0 aliphatic heterocycles. The third-order valence-electron chi connectivity index (χ3n) is 4.58. The van der Waals surface area contributed by atoms with Gasteiger partial charge in [-0.3, -0.25) is 18.6 Å². The monoisotopic (exact) mass is 558 g/mol. The second-order valence-electron chi connectivity index (χ2n) is 7.91. The number of hydrogen-bond donors (Lipinski definition) is 3. The Morgan fingerprint density at radius 1 is 0.684 bits per heavy atom. The third-order valence-corrected chi connectivity index (χ3v) is 5.53. The molecule has 0 radical (unpaired) electrons. The van der Waals surface area contributed by atoms with E-state index >= 15 is 0 Å². The molecule has 0 saturated carbocycles. The molecule has 3 atom stereocenters. The van der Waals surface area contributed by atoms with Crippen LogP contribution in [0.3, 0.4) is 0 Å². The summed E-state index contributed by atoms with van der Waals surface area (Å²) in [5.41, 5.74) is 0. The molecule has 3 N–H and O–H groups in total. The quantitative estimate of drug-likeness (QED) is 0.0986. The van der Waals surface area contributed by atoms with E-state index in [-0.39, 0.29) is 12.8 Å². The van der Waals surface area contributed by atoms with Gasteiger partial charge in [-0.2, -0.15) is 0 Å². The summed E-state index contributed by atoms with van der Waals surface area (Å²) in [6.07, 6.45) is 22.3. The molecule has 0 rings (SSSR count). The third kappa shape index (κ3) is 21.7. The van der Waals surface area contributed by atoms with Gasteiger partial charge in [-0.1, -0.05) is 74.6 Å². The van der Waals surface area contributed by atoms with E-state index in [1.807, 2.05) is 12.2 Å². The molecule has 0 aromatic heterocycles. The summed E-state index contributed by atoms with van der Waals surface area (Å²) in [7, 11) is -4.61. The van der Waals surface area contributed by atoms with Gasteiger partial charge < -0.3 is 24.6 Å². The van der Waals surface area contributed by atoms with Crippen LogP contribution in [0.1, 0.15) is 58.8 Å². The standard InChI is InChI=1S/C27H43O10P/c1-3-5-6-7-8-9-10-11-12-13-14-15-16-17-18-19-27(31)37-25(21-29)23-35-38(32,33)34-22-24(20-28)36-26(30)4-2/h5-6,8-9,11-12,14-15,17-18,24-25,28-29H,3-4,7,10,13,16,19-23H2,1-2H3,(H,32,33)/b6-5-,9-8-,12-11-,15-14-,18-17-. The Balaban J connectivity index is 4.17. The van der Waals surface area contributed by atoms with Gasteiger partial charge in [0.15, 0.2) is 0 Å². The van der Waals surface area contributed by atoms with Crippen molar-refractivity contribution in [1.29, 1.82) is 0 Å². The van der Waals surface area contributed by atoms with Gasteiger partial charge in [-0.05, 0) is 32.1 Å². The maximum absolute atomic E-state index is 12.0. The van der Waals surface area contributed by atoms with Gasteiger partial charge in [0, 0.05) is 6.42 Å². The number of aliphatic hydroxyl groups excluding tert-OH is 2. The molecule has 10 nitrogen and oxygen atoms in total. The lowest BCUT2D eigenvalue weighted by molar-refractivity contribution is -0.153. The Kier molecular flexibility index (Phi) is 22.3. The molecule has 0 fully saturated rings. The second kappa shape index (κ2) is 23.8. The van der Waals surface area contributed by atoms with Crippen molar-refractivity contribution in [2.45, 2.75) is 71.0 Å². The predicted octanol–water partition coefficient (Wildman–Crippen LogP) is 4.48. The average molecular weight is 559 g/mol. The topological polar surface area (TPSA) is 149 Å². The van der Waals surface area contributed by atoms with Gasteiger partial charge in [0.1, 0.15) is 12.2 Å². The minimum Gasteiger partial charge on any atom is -0.457 e. The number of carbonyl (C=O) groups is 2. The molecule has 0 aromatic rings. The van der Waals surface area contributed by atoms with Gasteiger partial charge in [0.25, 0.3) is 0 Å². The summed E-state index contributed by atoms with van der Waals surface area (Å²) >= 11 is 0. The number of ether oxygens (including phenoxy) is 2. The molecule has 0 aromatic carbocycles. The van der Waals surface area contributed by atoms with E-state index in [0.717, 1.165) is 25.7 Å². The predicted molar refractivity (Wildman–Crippen MR) is 145 cm³/mol. The van der Waals surface area contributed by atoms with Crippen LogP contribution < -0.4 is 0 Å². The molecule has 38 heavy (non-hydrogen) atoms. The fourth-order valence-electron chi connectivity index (χ4n) is 2.57. The average Bonchev–Trinajstić information content (AvgIpc) is 2.90. The largest absolute Gasteiger partial charge is 0.472 e. The number of phosphoric ester groups is 1. The summed E-state index contributed by atoms with van der Waals surface area (Å²) in [5.74, 6) is -1.25. The number of rotatable bonds is 22. The van der Waals surface area contributed by atoms with Crippen LogP contribution in [-0.4, -0.2) is 65.7 Å².